The number of hydrogen-bond acceptors (Lipinski definition) is 2. The molecule has 0 aromatic rings. The van der Waals surface area contributed by atoms with Gasteiger partial charge in [0.15, 0.2) is 0 Å². The van der Waals surface area contributed by atoms with Crippen LogP contribution >= 0.6 is 0 Å². The maximum atomic E-state index is 11.6. The minimum atomic E-state index is -0.201. The van der Waals surface area contributed by atoms with E-state index in [9.17, 15) is 4.79 Å². The van der Waals surface area contributed by atoms with Crippen molar-refractivity contribution in [3.8, 4) is 0 Å². The average molecular weight is 232 g/mol. The van der Waals surface area contributed by atoms with E-state index in [0.717, 1.165) is 19.3 Å². The van der Waals surface area contributed by atoms with Crippen molar-refractivity contribution in [2.24, 2.45) is 11.8 Å². The van der Waals surface area contributed by atoms with Gasteiger partial charge in [-0.15, -0.1) is 0 Å². The van der Waals surface area contributed by atoms with Crippen molar-refractivity contribution >= 4 is 5.97 Å². The second-order valence-corrected chi connectivity index (χ2v) is 5.23. The van der Waals surface area contributed by atoms with Crippen LogP contribution in [-0.4, -0.2) is 12.1 Å². The second-order valence-electron chi connectivity index (χ2n) is 5.23. The van der Waals surface area contributed by atoms with Crippen LogP contribution in [0.3, 0.4) is 0 Å². The number of rotatable bonds is 0. The van der Waals surface area contributed by atoms with E-state index in [1.807, 2.05) is 0 Å². The van der Waals surface area contributed by atoms with Crippen LogP contribution in [0.2, 0.25) is 0 Å². The smallest absolute Gasteiger partial charge is 0.334 e. The molecule has 2 nitrogen and oxygen atoms in total. The van der Waals surface area contributed by atoms with E-state index in [2.05, 4.69) is 38.7 Å². The second kappa shape index (κ2) is 4.91. The van der Waals surface area contributed by atoms with Gasteiger partial charge in [-0.05, 0) is 25.7 Å². The van der Waals surface area contributed by atoms with Gasteiger partial charge in [-0.2, -0.15) is 0 Å². The van der Waals surface area contributed by atoms with Gasteiger partial charge in [0.25, 0.3) is 0 Å². The molecule has 0 bridgehead atoms. The lowest BCUT2D eigenvalue weighted by molar-refractivity contribution is -0.139. The highest BCUT2D eigenvalue weighted by Crippen LogP contribution is 2.35. The number of carbonyl (C=O) groups excluding carboxylic acids is 1. The molecule has 2 rings (SSSR count). The predicted octanol–water partition coefficient (Wildman–Crippen LogP) is 3.41. The first-order chi connectivity index (χ1) is 8.08. The van der Waals surface area contributed by atoms with E-state index in [4.69, 9.17) is 4.74 Å². The third-order valence-corrected chi connectivity index (χ3v) is 3.69. The maximum absolute atomic E-state index is 11.6. The Morgan fingerprint density at radius 3 is 2.94 bits per heavy atom. The van der Waals surface area contributed by atoms with Crippen molar-refractivity contribution < 1.29 is 9.53 Å². The highest BCUT2D eigenvalue weighted by molar-refractivity contribution is 5.90. The molecule has 0 N–H and O–H groups in total. The lowest BCUT2D eigenvalue weighted by Gasteiger charge is -2.20. The third-order valence-electron chi connectivity index (χ3n) is 3.69. The van der Waals surface area contributed by atoms with E-state index in [1.165, 1.54) is 5.57 Å². The van der Waals surface area contributed by atoms with Gasteiger partial charge in [0, 0.05) is 17.9 Å². The fraction of sp³-hybridized carbons (Fsp3) is 0.533. The summed E-state index contributed by atoms with van der Waals surface area (Å²) in [6.07, 6.45) is 9.37. The van der Waals surface area contributed by atoms with Gasteiger partial charge in [-0.25, -0.2) is 4.79 Å². The quantitative estimate of drug-likeness (QED) is 0.472. The molecule has 0 spiro atoms. The summed E-state index contributed by atoms with van der Waals surface area (Å²) in [5, 5.41) is 0. The number of carbonyl (C=O) groups is 1. The van der Waals surface area contributed by atoms with Crippen molar-refractivity contribution in [2.75, 3.05) is 0 Å². The first-order valence-electron chi connectivity index (χ1n) is 6.31. The van der Waals surface area contributed by atoms with Crippen molar-refractivity contribution in [1.82, 2.24) is 0 Å². The van der Waals surface area contributed by atoms with Gasteiger partial charge < -0.3 is 4.74 Å². The molecule has 3 atom stereocenters. The number of ether oxygens (including phenoxy) is 1. The lowest BCUT2D eigenvalue weighted by atomic mass is 9.86. The zero-order valence-electron chi connectivity index (χ0n) is 10.6. The van der Waals surface area contributed by atoms with E-state index in [0.29, 0.717) is 11.5 Å². The van der Waals surface area contributed by atoms with E-state index < -0.39 is 0 Å². The molecule has 1 saturated heterocycles. The molecule has 1 aliphatic heterocycles. The monoisotopic (exact) mass is 232 g/mol. The van der Waals surface area contributed by atoms with Crippen LogP contribution in [0.15, 0.2) is 36.0 Å². The number of allylic oxidation sites excluding steroid dienone is 3. The molecule has 1 heterocycles. The molecular formula is C15H20O2. The molecule has 2 heteroatoms. The van der Waals surface area contributed by atoms with Crippen molar-refractivity contribution in [3.05, 3.63) is 36.0 Å². The highest BCUT2D eigenvalue weighted by atomic mass is 16.6. The summed E-state index contributed by atoms with van der Waals surface area (Å²) >= 11 is 0. The van der Waals surface area contributed by atoms with Crippen LogP contribution in [0.25, 0.3) is 0 Å². The summed E-state index contributed by atoms with van der Waals surface area (Å²) in [6.45, 7) is 8.17. The van der Waals surface area contributed by atoms with Crippen LogP contribution in [0.5, 0.6) is 0 Å². The summed E-state index contributed by atoms with van der Waals surface area (Å²) < 4.78 is 5.41. The molecule has 92 valence electrons. The average Bonchev–Trinajstić information content (AvgIpc) is 2.52. The lowest BCUT2D eigenvalue weighted by Crippen LogP contribution is -2.18. The van der Waals surface area contributed by atoms with E-state index >= 15 is 0 Å². The first-order valence-corrected chi connectivity index (χ1v) is 6.31. The summed E-state index contributed by atoms with van der Waals surface area (Å²) in [5.41, 5.74) is 1.92. The Balaban J connectivity index is 2.21. The SMILES string of the molecule is C=C1C(=O)OC2CC(C)=CC=CC(C)CCC12. The Morgan fingerprint density at radius 1 is 1.41 bits per heavy atom. The molecule has 0 amide bonds. The van der Waals surface area contributed by atoms with Crippen molar-refractivity contribution in [1.29, 1.82) is 0 Å². The predicted molar refractivity (Wildman–Crippen MR) is 68.4 cm³/mol. The molecule has 17 heavy (non-hydrogen) atoms. The Kier molecular flexibility index (Phi) is 3.51. The van der Waals surface area contributed by atoms with Crippen molar-refractivity contribution in [2.45, 2.75) is 39.2 Å². The van der Waals surface area contributed by atoms with Crippen LogP contribution in [0.4, 0.5) is 0 Å². The van der Waals surface area contributed by atoms with E-state index in [1.54, 1.807) is 0 Å². The molecule has 1 fully saturated rings. The molecule has 2 aliphatic rings. The number of hydrogen-bond donors (Lipinski definition) is 0. The largest absolute Gasteiger partial charge is 0.458 e. The zero-order chi connectivity index (χ0) is 12.4. The normalized spacial score (nSPS) is 34.0. The van der Waals surface area contributed by atoms with Gasteiger partial charge >= 0.3 is 5.97 Å². The maximum Gasteiger partial charge on any atom is 0.334 e. The molecule has 0 aromatic carbocycles. The van der Waals surface area contributed by atoms with Crippen molar-refractivity contribution in [3.63, 3.8) is 0 Å². The number of esters is 1. The molecule has 0 radical (unpaired) electrons. The standard InChI is InChI=1S/C15H20O2/c1-10-5-4-6-11(2)9-14-13(8-7-10)12(3)15(16)17-14/h4-6,10,13-14H,3,7-9H2,1-2H3. The zero-order valence-corrected chi connectivity index (χ0v) is 10.6. The van der Waals surface area contributed by atoms with E-state index in [-0.39, 0.29) is 18.0 Å². The minimum absolute atomic E-state index is 0.00458. The minimum Gasteiger partial charge on any atom is -0.458 e. The van der Waals surface area contributed by atoms with Gasteiger partial charge in [-0.3, -0.25) is 0 Å². The summed E-state index contributed by atoms with van der Waals surface area (Å²) in [6, 6.07) is 0. The Labute approximate surface area is 103 Å². The van der Waals surface area contributed by atoms with Gasteiger partial charge in [0.2, 0.25) is 0 Å². The molecule has 0 aromatic heterocycles. The Morgan fingerprint density at radius 2 is 2.18 bits per heavy atom. The fourth-order valence-electron chi connectivity index (χ4n) is 2.55. The van der Waals surface area contributed by atoms with Gasteiger partial charge in [0.1, 0.15) is 6.10 Å². The van der Waals surface area contributed by atoms with Crippen LogP contribution in [-0.2, 0) is 9.53 Å². The molecule has 0 saturated carbocycles. The Bertz CT molecular complexity index is 390. The third kappa shape index (κ3) is 2.68. The van der Waals surface area contributed by atoms with Crippen LogP contribution in [0.1, 0.15) is 33.1 Å². The summed E-state index contributed by atoms with van der Waals surface area (Å²) in [7, 11) is 0. The molecular weight excluding hydrogens is 212 g/mol. The topological polar surface area (TPSA) is 26.3 Å². The first kappa shape index (κ1) is 12.2. The fourth-order valence-corrected chi connectivity index (χ4v) is 2.55. The highest BCUT2D eigenvalue weighted by Gasteiger charge is 2.38. The number of fused-ring (bicyclic) bond motifs is 1. The Hall–Kier alpha value is -1.31. The molecule has 3 unspecified atom stereocenters. The molecule has 1 aliphatic carbocycles. The summed E-state index contributed by atoms with van der Waals surface area (Å²) in [5.74, 6) is 0.550. The van der Waals surface area contributed by atoms with Gasteiger partial charge in [0.05, 0.1) is 0 Å². The van der Waals surface area contributed by atoms with Crippen LogP contribution in [0, 0.1) is 11.8 Å². The summed E-state index contributed by atoms with van der Waals surface area (Å²) in [4.78, 5) is 11.6. The van der Waals surface area contributed by atoms with Gasteiger partial charge in [-0.1, -0.05) is 37.3 Å². The van der Waals surface area contributed by atoms with Crippen LogP contribution < -0.4 is 0 Å².